The number of ether oxygens (including phenoxy) is 1. The number of hydrogen-bond donors (Lipinski definition) is 3. The lowest BCUT2D eigenvalue weighted by Crippen LogP contribution is -2.31. The molecular formula is C13H21N3O4S. The third-order valence-corrected chi connectivity index (χ3v) is 4.18. The van der Waals surface area contributed by atoms with Crippen molar-refractivity contribution < 1.29 is 17.9 Å². The van der Waals surface area contributed by atoms with E-state index in [1.807, 2.05) is 6.92 Å². The summed E-state index contributed by atoms with van der Waals surface area (Å²) in [6, 6.07) is 4.35. The molecule has 0 unspecified atom stereocenters. The molecule has 0 bridgehead atoms. The lowest BCUT2D eigenvalue weighted by atomic mass is 10.3. The van der Waals surface area contributed by atoms with Crippen LogP contribution in [0.25, 0.3) is 0 Å². The van der Waals surface area contributed by atoms with Crippen molar-refractivity contribution in [3.8, 4) is 5.75 Å². The number of carbonyl (C=O) groups excluding carboxylic acids is 1. The fraction of sp³-hybridized carbons (Fsp3) is 0.462. The molecule has 8 heteroatoms. The van der Waals surface area contributed by atoms with Crippen LogP contribution in [0.2, 0.25) is 0 Å². The summed E-state index contributed by atoms with van der Waals surface area (Å²) in [7, 11) is -2.40. The third-order valence-electron chi connectivity index (χ3n) is 2.69. The van der Waals surface area contributed by atoms with Gasteiger partial charge < -0.3 is 15.8 Å². The summed E-state index contributed by atoms with van der Waals surface area (Å²) in [6.45, 7) is 2.53. The third kappa shape index (κ3) is 5.24. The summed E-state index contributed by atoms with van der Waals surface area (Å²) in [5, 5.41) is 2.67. The summed E-state index contributed by atoms with van der Waals surface area (Å²) in [4.78, 5) is 11.4. The second-order valence-corrected chi connectivity index (χ2v) is 6.14. The fourth-order valence-corrected chi connectivity index (χ4v) is 2.87. The minimum absolute atomic E-state index is 0.00976. The largest absolute Gasteiger partial charge is 0.495 e. The highest BCUT2D eigenvalue weighted by Gasteiger charge is 2.19. The maximum atomic E-state index is 12.2. The van der Waals surface area contributed by atoms with E-state index in [4.69, 9.17) is 10.5 Å². The van der Waals surface area contributed by atoms with Crippen LogP contribution < -0.4 is 20.5 Å². The summed E-state index contributed by atoms with van der Waals surface area (Å²) in [5.41, 5.74) is 5.92. The molecule has 0 radical (unpaired) electrons. The number of carbonyl (C=O) groups is 1. The normalized spacial score (nSPS) is 11.1. The number of benzene rings is 1. The molecule has 1 rings (SSSR count). The Bertz CT molecular complexity index is 587. The van der Waals surface area contributed by atoms with Crippen LogP contribution in [0, 0.1) is 0 Å². The molecule has 0 saturated heterocycles. The number of amides is 1. The van der Waals surface area contributed by atoms with Gasteiger partial charge >= 0.3 is 0 Å². The van der Waals surface area contributed by atoms with Gasteiger partial charge in [-0.3, -0.25) is 4.79 Å². The van der Waals surface area contributed by atoms with E-state index in [1.165, 1.54) is 19.2 Å². The minimum atomic E-state index is -3.78. The smallest absolute Gasteiger partial charge is 0.244 e. The van der Waals surface area contributed by atoms with Gasteiger partial charge in [0.25, 0.3) is 0 Å². The molecule has 0 atom stereocenters. The Morgan fingerprint density at radius 1 is 1.33 bits per heavy atom. The molecule has 21 heavy (non-hydrogen) atoms. The fourth-order valence-electron chi connectivity index (χ4n) is 1.63. The number of nitrogens with two attached hydrogens (primary N) is 1. The van der Waals surface area contributed by atoms with Gasteiger partial charge in [-0.1, -0.05) is 6.92 Å². The number of rotatable bonds is 8. The summed E-state index contributed by atoms with van der Waals surface area (Å²) >= 11 is 0. The van der Waals surface area contributed by atoms with Crippen LogP contribution >= 0.6 is 0 Å². The van der Waals surface area contributed by atoms with E-state index in [0.29, 0.717) is 12.2 Å². The predicted molar refractivity (Wildman–Crippen MR) is 80.5 cm³/mol. The van der Waals surface area contributed by atoms with Crippen molar-refractivity contribution in [2.75, 3.05) is 25.9 Å². The van der Waals surface area contributed by atoms with E-state index in [9.17, 15) is 13.2 Å². The quantitative estimate of drug-likeness (QED) is 0.604. The van der Waals surface area contributed by atoms with Crippen molar-refractivity contribution in [2.45, 2.75) is 24.7 Å². The van der Waals surface area contributed by atoms with Gasteiger partial charge in [-0.25, -0.2) is 13.1 Å². The zero-order chi connectivity index (χ0) is 15.9. The Kier molecular flexibility index (Phi) is 6.44. The highest BCUT2D eigenvalue weighted by atomic mass is 32.2. The zero-order valence-corrected chi connectivity index (χ0v) is 13.0. The molecular weight excluding hydrogens is 294 g/mol. The minimum Gasteiger partial charge on any atom is -0.495 e. The molecule has 118 valence electrons. The number of hydrogen-bond acceptors (Lipinski definition) is 5. The van der Waals surface area contributed by atoms with Crippen LogP contribution in [0.1, 0.15) is 19.8 Å². The first-order valence-electron chi connectivity index (χ1n) is 6.60. The van der Waals surface area contributed by atoms with Gasteiger partial charge in [0.15, 0.2) is 0 Å². The van der Waals surface area contributed by atoms with E-state index in [2.05, 4.69) is 10.0 Å². The van der Waals surface area contributed by atoms with Gasteiger partial charge in [0.05, 0.1) is 7.11 Å². The van der Waals surface area contributed by atoms with Gasteiger partial charge in [-0.05, 0) is 24.6 Å². The Hall–Kier alpha value is -1.80. The SMILES string of the molecule is CCCNC(=O)CCNS(=O)(=O)c1cc(N)ccc1OC. The van der Waals surface area contributed by atoms with E-state index in [-0.39, 0.29) is 29.5 Å². The van der Waals surface area contributed by atoms with E-state index in [1.54, 1.807) is 6.07 Å². The molecule has 0 aliphatic rings. The summed E-state index contributed by atoms with van der Waals surface area (Å²) in [5.74, 6) is 0.00576. The van der Waals surface area contributed by atoms with E-state index in [0.717, 1.165) is 6.42 Å². The Balaban J connectivity index is 2.70. The average molecular weight is 315 g/mol. The van der Waals surface area contributed by atoms with Crippen molar-refractivity contribution in [3.05, 3.63) is 18.2 Å². The monoisotopic (exact) mass is 315 g/mol. The van der Waals surface area contributed by atoms with Crippen LogP contribution in [0.5, 0.6) is 5.75 Å². The standard InChI is InChI=1S/C13H21N3O4S/c1-3-7-15-13(17)6-8-16-21(18,19)12-9-10(14)4-5-11(12)20-2/h4-5,9,16H,3,6-8,14H2,1-2H3,(H,15,17). The highest BCUT2D eigenvalue weighted by molar-refractivity contribution is 7.89. The number of anilines is 1. The molecule has 0 aromatic heterocycles. The number of nitrogen functional groups attached to an aromatic ring is 1. The lowest BCUT2D eigenvalue weighted by molar-refractivity contribution is -0.120. The van der Waals surface area contributed by atoms with E-state index < -0.39 is 10.0 Å². The molecule has 0 fully saturated rings. The molecule has 4 N–H and O–H groups in total. The van der Waals surface area contributed by atoms with Gasteiger partial charge in [0.1, 0.15) is 10.6 Å². The summed E-state index contributed by atoms with van der Waals surface area (Å²) in [6.07, 6.45) is 0.905. The van der Waals surface area contributed by atoms with Gasteiger partial charge in [-0.2, -0.15) is 0 Å². The molecule has 7 nitrogen and oxygen atoms in total. The number of methoxy groups -OCH3 is 1. The molecule has 1 aromatic carbocycles. The van der Waals surface area contributed by atoms with Gasteiger partial charge in [0, 0.05) is 25.2 Å². The molecule has 0 saturated carbocycles. The second kappa shape index (κ2) is 7.84. The van der Waals surface area contributed by atoms with E-state index >= 15 is 0 Å². The van der Waals surface area contributed by atoms with Crippen LogP contribution in [0.3, 0.4) is 0 Å². The second-order valence-electron chi connectivity index (χ2n) is 4.41. The summed E-state index contributed by atoms with van der Waals surface area (Å²) < 4.78 is 31.7. The first-order chi connectivity index (χ1) is 9.90. The van der Waals surface area contributed by atoms with Crippen molar-refractivity contribution >= 4 is 21.6 Å². The molecule has 1 amide bonds. The Morgan fingerprint density at radius 2 is 2.05 bits per heavy atom. The molecule has 0 aliphatic heterocycles. The van der Waals surface area contributed by atoms with Crippen LogP contribution in [-0.4, -0.2) is 34.5 Å². The molecule has 1 aromatic rings. The number of sulfonamides is 1. The molecule has 0 aliphatic carbocycles. The molecule has 0 spiro atoms. The van der Waals surface area contributed by atoms with Gasteiger partial charge in [-0.15, -0.1) is 0 Å². The maximum absolute atomic E-state index is 12.2. The van der Waals surface area contributed by atoms with Crippen LogP contribution in [-0.2, 0) is 14.8 Å². The molecule has 0 heterocycles. The predicted octanol–water partition coefficient (Wildman–Crippen LogP) is 0.472. The first-order valence-corrected chi connectivity index (χ1v) is 8.09. The van der Waals surface area contributed by atoms with Gasteiger partial charge in [0.2, 0.25) is 15.9 Å². The zero-order valence-electron chi connectivity index (χ0n) is 12.2. The average Bonchev–Trinajstić information content (AvgIpc) is 2.44. The first kappa shape index (κ1) is 17.3. The maximum Gasteiger partial charge on any atom is 0.244 e. The van der Waals surface area contributed by atoms with Crippen LogP contribution in [0.15, 0.2) is 23.1 Å². The van der Waals surface area contributed by atoms with Crippen LogP contribution in [0.4, 0.5) is 5.69 Å². The van der Waals surface area contributed by atoms with Crippen molar-refractivity contribution in [3.63, 3.8) is 0 Å². The lowest BCUT2D eigenvalue weighted by Gasteiger charge is -2.11. The van der Waals surface area contributed by atoms with Crippen molar-refractivity contribution in [1.82, 2.24) is 10.0 Å². The topological polar surface area (TPSA) is 111 Å². The van der Waals surface area contributed by atoms with Crippen molar-refractivity contribution in [2.24, 2.45) is 0 Å². The van der Waals surface area contributed by atoms with Crippen molar-refractivity contribution in [1.29, 1.82) is 0 Å². The highest BCUT2D eigenvalue weighted by Crippen LogP contribution is 2.25. The Labute approximate surface area is 124 Å². The number of nitrogens with one attached hydrogen (secondary N) is 2. The Morgan fingerprint density at radius 3 is 2.67 bits per heavy atom.